The molecule has 0 spiro atoms. The molecule has 0 N–H and O–H groups in total. The summed E-state index contributed by atoms with van der Waals surface area (Å²) in [6, 6.07) is 21.0. The topological polar surface area (TPSA) is 3.24 Å². The highest BCUT2D eigenvalue weighted by Gasteiger charge is 2.06. The monoisotopic (exact) mass is 247 g/mol. The Morgan fingerprint density at radius 2 is 1.25 bits per heavy atom. The lowest BCUT2D eigenvalue weighted by Crippen LogP contribution is -2.14. The summed E-state index contributed by atoms with van der Waals surface area (Å²) in [5.74, 6) is 0. The van der Waals surface area contributed by atoms with E-state index in [1.54, 1.807) is 0 Å². The number of para-hydroxylation sites is 2. The van der Waals surface area contributed by atoms with E-state index in [0.29, 0.717) is 0 Å². The van der Waals surface area contributed by atoms with Gasteiger partial charge < -0.3 is 4.90 Å². The van der Waals surface area contributed by atoms with Crippen molar-refractivity contribution in [2.24, 2.45) is 0 Å². The minimum absolute atomic E-state index is 0.832. The predicted octanol–water partition coefficient (Wildman–Crippen LogP) is 4.25. The number of nitrogens with zero attached hydrogens (tertiary/aromatic N) is 1. The minimum atomic E-state index is 0.832. The van der Waals surface area contributed by atoms with Crippen molar-refractivity contribution >= 4 is 28.6 Å². The molecule has 0 heterocycles. The maximum absolute atomic E-state index is 2.81. The Bertz CT molecular complexity index is 377. The van der Waals surface area contributed by atoms with Gasteiger partial charge in [-0.05, 0) is 24.3 Å². The fourth-order valence-corrected chi connectivity index (χ4v) is 2.73. The Morgan fingerprint density at radius 3 is 1.62 bits per heavy atom. The Morgan fingerprint density at radius 1 is 0.812 bits per heavy atom. The zero-order chi connectivity index (χ0) is 11.2. The second-order valence-electron chi connectivity index (χ2n) is 3.46. The molecule has 0 amide bonds. The highest BCUT2D eigenvalue weighted by molar-refractivity contribution is 8.02. The molecule has 0 aromatic heterocycles. The van der Waals surface area contributed by atoms with Crippen molar-refractivity contribution in [3.63, 3.8) is 0 Å². The van der Waals surface area contributed by atoms with Crippen molar-refractivity contribution in [3.05, 3.63) is 60.7 Å². The molecule has 1 nitrogen and oxygen atoms in total. The normalized spacial score (nSPS) is 10.8. The van der Waals surface area contributed by atoms with Gasteiger partial charge in [0.2, 0.25) is 0 Å². The van der Waals surface area contributed by atoms with Crippen molar-refractivity contribution in [1.29, 1.82) is 0 Å². The molecule has 2 atom stereocenters. The van der Waals surface area contributed by atoms with Crippen LogP contribution >= 0.6 is 17.2 Å². The van der Waals surface area contributed by atoms with E-state index in [1.807, 2.05) is 0 Å². The molecule has 2 aromatic rings. The Hall–Kier alpha value is -0.900. The number of anilines is 2. The Kier molecular flexibility index (Phi) is 4.34. The van der Waals surface area contributed by atoms with Crippen molar-refractivity contribution in [3.8, 4) is 0 Å². The van der Waals surface area contributed by atoms with Crippen LogP contribution in [0.3, 0.4) is 0 Å². The van der Waals surface area contributed by atoms with Gasteiger partial charge >= 0.3 is 0 Å². The highest BCUT2D eigenvalue weighted by Crippen LogP contribution is 2.31. The SMILES string of the molecule is PPCN(c1ccccc1)c1ccccc1. The minimum Gasteiger partial charge on any atom is -0.337 e. The molecule has 0 aliphatic rings. The molecule has 3 heteroatoms. The molecule has 2 rings (SSSR count). The molecular weight excluding hydrogens is 232 g/mol. The van der Waals surface area contributed by atoms with Crippen LogP contribution in [0.5, 0.6) is 0 Å². The lowest BCUT2D eigenvalue weighted by atomic mass is 10.2. The summed E-state index contributed by atoms with van der Waals surface area (Å²) in [5.41, 5.74) is 2.51. The van der Waals surface area contributed by atoms with Crippen LogP contribution in [0, 0.1) is 0 Å². The van der Waals surface area contributed by atoms with Crippen LogP contribution in [0.15, 0.2) is 60.7 Å². The van der Waals surface area contributed by atoms with Crippen LogP contribution in [-0.2, 0) is 0 Å². The van der Waals surface area contributed by atoms with Crippen LogP contribution in [-0.4, -0.2) is 6.29 Å². The zero-order valence-corrected chi connectivity index (χ0v) is 11.2. The Labute approximate surface area is 101 Å². The maximum atomic E-state index is 2.81. The molecule has 16 heavy (non-hydrogen) atoms. The largest absolute Gasteiger partial charge is 0.337 e. The van der Waals surface area contributed by atoms with Crippen LogP contribution in [0.2, 0.25) is 0 Å². The summed E-state index contributed by atoms with van der Waals surface area (Å²) in [4.78, 5) is 2.34. The van der Waals surface area contributed by atoms with Gasteiger partial charge in [0.15, 0.2) is 0 Å². The molecular formula is C13H15NP2. The van der Waals surface area contributed by atoms with Crippen molar-refractivity contribution in [2.75, 3.05) is 11.2 Å². The van der Waals surface area contributed by atoms with Gasteiger partial charge in [-0.1, -0.05) is 44.7 Å². The van der Waals surface area contributed by atoms with Gasteiger partial charge in [0.25, 0.3) is 0 Å². The van der Waals surface area contributed by atoms with E-state index in [0.717, 1.165) is 14.6 Å². The van der Waals surface area contributed by atoms with E-state index in [9.17, 15) is 0 Å². The first-order chi connectivity index (χ1) is 7.92. The smallest absolute Gasteiger partial charge is 0.0435 e. The van der Waals surface area contributed by atoms with E-state index >= 15 is 0 Å². The van der Waals surface area contributed by atoms with Crippen molar-refractivity contribution in [1.82, 2.24) is 0 Å². The summed E-state index contributed by atoms with van der Waals surface area (Å²) in [5, 5.41) is 0. The third-order valence-corrected chi connectivity index (χ3v) is 3.43. The maximum Gasteiger partial charge on any atom is 0.0435 e. The first kappa shape index (κ1) is 11.6. The Balaban J connectivity index is 2.31. The van der Waals surface area contributed by atoms with Gasteiger partial charge in [0.05, 0.1) is 0 Å². The molecule has 0 bridgehead atoms. The summed E-state index contributed by atoms with van der Waals surface area (Å²) in [6.07, 6.45) is 1.04. The lowest BCUT2D eigenvalue weighted by molar-refractivity contribution is 1.17. The number of hydrogen-bond donors (Lipinski definition) is 0. The van der Waals surface area contributed by atoms with Gasteiger partial charge in [0, 0.05) is 17.7 Å². The van der Waals surface area contributed by atoms with E-state index in [4.69, 9.17) is 0 Å². The predicted molar refractivity (Wildman–Crippen MR) is 77.9 cm³/mol. The molecule has 2 aromatic carbocycles. The molecule has 0 saturated heterocycles. The van der Waals surface area contributed by atoms with Crippen molar-refractivity contribution in [2.45, 2.75) is 0 Å². The van der Waals surface area contributed by atoms with Gasteiger partial charge in [-0.2, -0.15) is 0 Å². The van der Waals surface area contributed by atoms with Gasteiger partial charge in [-0.15, -0.1) is 8.93 Å². The molecule has 0 saturated carbocycles. The number of hydrogen-bond acceptors (Lipinski definition) is 1. The van der Waals surface area contributed by atoms with Crippen LogP contribution in [0.4, 0.5) is 11.4 Å². The summed E-state index contributed by atoms with van der Waals surface area (Å²) in [7, 11) is 3.64. The zero-order valence-electron chi connectivity index (χ0n) is 9.01. The number of benzene rings is 2. The van der Waals surface area contributed by atoms with E-state index in [1.165, 1.54) is 11.4 Å². The van der Waals surface area contributed by atoms with Gasteiger partial charge in [-0.3, -0.25) is 0 Å². The summed E-state index contributed by atoms with van der Waals surface area (Å²) >= 11 is 0. The average Bonchev–Trinajstić information content (AvgIpc) is 2.38. The second-order valence-corrected chi connectivity index (χ2v) is 5.41. The van der Waals surface area contributed by atoms with Crippen LogP contribution in [0.25, 0.3) is 0 Å². The second kappa shape index (κ2) is 5.99. The van der Waals surface area contributed by atoms with Gasteiger partial charge in [0.1, 0.15) is 0 Å². The van der Waals surface area contributed by atoms with E-state index in [2.05, 4.69) is 74.5 Å². The molecule has 0 aliphatic heterocycles. The third kappa shape index (κ3) is 2.82. The van der Waals surface area contributed by atoms with Crippen molar-refractivity contribution < 1.29 is 0 Å². The van der Waals surface area contributed by atoms with E-state index in [-0.39, 0.29) is 0 Å². The quantitative estimate of drug-likeness (QED) is 0.730. The highest BCUT2D eigenvalue weighted by atomic mass is 32.0. The number of rotatable bonds is 4. The molecule has 2 unspecified atom stereocenters. The standard InChI is InChI=1S/C13H15NP2/c15-16-11-14(12-7-3-1-4-8-12)13-9-5-2-6-10-13/h1-10,16H,11,15H2. The molecule has 0 fully saturated rings. The molecule has 0 radical (unpaired) electrons. The fourth-order valence-electron chi connectivity index (χ4n) is 1.64. The third-order valence-electron chi connectivity index (χ3n) is 2.39. The first-order valence-electron chi connectivity index (χ1n) is 5.23. The van der Waals surface area contributed by atoms with E-state index < -0.39 is 0 Å². The van der Waals surface area contributed by atoms with Crippen LogP contribution < -0.4 is 4.90 Å². The van der Waals surface area contributed by atoms with Gasteiger partial charge in [-0.25, -0.2) is 0 Å². The fraction of sp³-hybridized carbons (Fsp3) is 0.0769. The summed E-state index contributed by atoms with van der Waals surface area (Å²) in [6.45, 7) is 0. The lowest BCUT2D eigenvalue weighted by Gasteiger charge is -2.24. The first-order valence-corrected chi connectivity index (χ1v) is 8.24. The molecule has 0 aliphatic carbocycles. The average molecular weight is 247 g/mol. The molecule has 82 valence electrons. The van der Waals surface area contributed by atoms with Crippen LogP contribution in [0.1, 0.15) is 0 Å². The summed E-state index contributed by atoms with van der Waals surface area (Å²) < 4.78 is 0.